The highest BCUT2D eigenvalue weighted by Gasteiger charge is 2.54. The molecule has 2 radical (unpaired) electrons. The summed E-state index contributed by atoms with van der Waals surface area (Å²) in [6, 6.07) is 0. The number of rotatable bonds is 0. The molecule has 1 saturated carbocycles. The van der Waals surface area contributed by atoms with E-state index >= 15 is 0 Å². The molecule has 4 heteroatoms. The molecule has 3 atom stereocenters. The highest BCUT2D eigenvalue weighted by molar-refractivity contribution is 6.12. The summed E-state index contributed by atoms with van der Waals surface area (Å²) < 4.78 is 26.1. The molecule has 0 aromatic rings. The standard InChI is InChI=1S/C8H12BF2N/c1-12-3-5-2-8(10,11)7(9)6(5)4-12/h5-7H,2-4H2,1H3. The van der Waals surface area contributed by atoms with E-state index in [1.807, 2.05) is 7.05 Å². The Morgan fingerprint density at radius 1 is 1.42 bits per heavy atom. The fourth-order valence-corrected chi connectivity index (χ4v) is 2.54. The van der Waals surface area contributed by atoms with Gasteiger partial charge in [0.05, 0.1) is 7.85 Å². The number of hydrogen-bond donors (Lipinski definition) is 0. The number of nitrogens with zero attached hydrogens (tertiary/aromatic N) is 1. The molecule has 66 valence electrons. The summed E-state index contributed by atoms with van der Waals surface area (Å²) in [6.07, 6.45) is -0.0107. The summed E-state index contributed by atoms with van der Waals surface area (Å²) >= 11 is 0. The van der Waals surface area contributed by atoms with Crippen LogP contribution in [0.5, 0.6) is 0 Å². The van der Waals surface area contributed by atoms with Gasteiger partial charge in [-0.3, -0.25) is 0 Å². The lowest BCUT2D eigenvalue weighted by Gasteiger charge is -2.20. The van der Waals surface area contributed by atoms with Crippen LogP contribution in [-0.2, 0) is 0 Å². The van der Waals surface area contributed by atoms with E-state index in [0.717, 1.165) is 13.1 Å². The Hall–Kier alpha value is -0.115. The van der Waals surface area contributed by atoms with E-state index in [9.17, 15) is 8.78 Å². The van der Waals surface area contributed by atoms with Gasteiger partial charge in [0.1, 0.15) is 0 Å². The van der Waals surface area contributed by atoms with Gasteiger partial charge in [-0.25, -0.2) is 8.78 Å². The molecule has 12 heavy (non-hydrogen) atoms. The molecule has 0 bridgehead atoms. The molecule has 0 aromatic carbocycles. The van der Waals surface area contributed by atoms with Crippen LogP contribution in [0, 0.1) is 11.8 Å². The Morgan fingerprint density at radius 3 is 2.67 bits per heavy atom. The molecular weight excluding hydrogens is 159 g/mol. The number of likely N-dealkylation sites (tertiary alicyclic amines) is 1. The van der Waals surface area contributed by atoms with Crippen LogP contribution in [0.3, 0.4) is 0 Å². The second kappa shape index (κ2) is 2.44. The van der Waals surface area contributed by atoms with Crippen molar-refractivity contribution in [1.82, 2.24) is 4.90 Å². The van der Waals surface area contributed by atoms with E-state index in [1.165, 1.54) is 0 Å². The fourth-order valence-electron chi connectivity index (χ4n) is 2.54. The molecule has 1 aliphatic heterocycles. The minimum absolute atomic E-state index is 0.0107. The van der Waals surface area contributed by atoms with E-state index in [1.54, 1.807) is 0 Å². The first-order chi connectivity index (χ1) is 5.50. The van der Waals surface area contributed by atoms with Crippen molar-refractivity contribution >= 4 is 7.85 Å². The predicted octanol–water partition coefficient (Wildman–Crippen LogP) is 1.16. The lowest BCUT2D eigenvalue weighted by atomic mass is 9.76. The van der Waals surface area contributed by atoms with Crippen molar-refractivity contribution in [1.29, 1.82) is 0 Å². The van der Waals surface area contributed by atoms with E-state index in [-0.39, 0.29) is 18.3 Å². The minimum Gasteiger partial charge on any atom is -0.306 e. The lowest BCUT2D eigenvalue weighted by Crippen LogP contribution is -2.25. The molecular formula is C8H12BF2N. The first-order valence-corrected chi connectivity index (χ1v) is 4.32. The highest BCUT2D eigenvalue weighted by Crippen LogP contribution is 2.52. The summed E-state index contributed by atoms with van der Waals surface area (Å²) in [7, 11) is 7.44. The Morgan fingerprint density at radius 2 is 2.08 bits per heavy atom. The number of halogens is 2. The van der Waals surface area contributed by atoms with Gasteiger partial charge in [0, 0.05) is 19.5 Å². The van der Waals surface area contributed by atoms with Crippen molar-refractivity contribution in [3.8, 4) is 0 Å². The molecule has 3 unspecified atom stereocenters. The molecule has 1 heterocycles. The average Bonchev–Trinajstić information content (AvgIpc) is 2.35. The average molecular weight is 171 g/mol. The van der Waals surface area contributed by atoms with Crippen molar-refractivity contribution in [3.05, 3.63) is 0 Å². The Labute approximate surface area is 72.5 Å². The van der Waals surface area contributed by atoms with Crippen molar-refractivity contribution < 1.29 is 8.78 Å². The first-order valence-electron chi connectivity index (χ1n) is 4.32. The fraction of sp³-hybridized carbons (Fsp3) is 1.00. The van der Waals surface area contributed by atoms with Crippen LogP contribution in [0.2, 0.25) is 5.82 Å². The second-order valence-corrected chi connectivity index (χ2v) is 4.14. The van der Waals surface area contributed by atoms with Gasteiger partial charge in [0.2, 0.25) is 5.92 Å². The molecule has 2 fully saturated rings. The van der Waals surface area contributed by atoms with Crippen LogP contribution < -0.4 is 0 Å². The van der Waals surface area contributed by atoms with Crippen molar-refractivity contribution in [3.63, 3.8) is 0 Å². The zero-order chi connectivity index (χ0) is 8.93. The van der Waals surface area contributed by atoms with E-state index in [0.29, 0.717) is 0 Å². The Bertz CT molecular complexity index is 197. The normalized spacial score (nSPS) is 46.4. The lowest BCUT2D eigenvalue weighted by molar-refractivity contribution is -0.000747. The van der Waals surface area contributed by atoms with Crippen LogP contribution in [0.4, 0.5) is 8.78 Å². The maximum Gasteiger partial charge on any atom is 0.243 e. The van der Waals surface area contributed by atoms with Gasteiger partial charge in [0.15, 0.2) is 0 Å². The summed E-state index contributed by atoms with van der Waals surface area (Å²) in [5, 5.41) is 0. The topological polar surface area (TPSA) is 3.24 Å². The van der Waals surface area contributed by atoms with Gasteiger partial charge in [0.25, 0.3) is 0 Å². The zero-order valence-electron chi connectivity index (χ0n) is 7.13. The summed E-state index contributed by atoms with van der Waals surface area (Å²) in [5.74, 6) is -3.38. The van der Waals surface area contributed by atoms with E-state index < -0.39 is 11.7 Å². The van der Waals surface area contributed by atoms with Crippen molar-refractivity contribution in [2.75, 3.05) is 20.1 Å². The van der Waals surface area contributed by atoms with Crippen LogP contribution in [-0.4, -0.2) is 38.8 Å². The molecule has 0 amide bonds. The van der Waals surface area contributed by atoms with E-state index in [4.69, 9.17) is 7.85 Å². The third kappa shape index (κ3) is 1.08. The van der Waals surface area contributed by atoms with Crippen LogP contribution in [0.15, 0.2) is 0 Å². The molecule has 2 rings (SSSR count). The van der Waals surface area contributed by atoms with Crippen LogP contribution >= 0.6 is 0 Å². The third-order valence-electron chi connectivity index (χ3n) is 3.16. The van der Waals surface area contributed by atoms with Crippen LogP contribution in [0.25, 0.3) is 0 Å². The third-order valence-corrected chi connectivity index (χ3v) is 3.16. The number of hydrogen-bond acceptors (Lipinski definition) is 1. The SMILES string of the molecule is [B]C1C2CN(C)CC2CC1(F)F. The molecule has 1 aliphatic carbocycles. The van der Waals surface area contributed by atoms with E-state index in [2.05, 4.69) is 4.90 Å². The summed E-state index contributed by atoms with van der Waals surface area (Å²) in [5.41, 5.74) is 0. The number of alkyl halides is 2. The highest BCUT2D eigenvalue weighted by atomic mass is 19.3. The molecule has 1 saturated heterocycles. The van der Waals surface area contributed by atoms with Gasteiger partial charge in [-0.1, -0.05) is 0 Å². The largest absolute Gasteiger partial charge is 0.306 e. The summed E-state index contributed by atoms with van der Waals surface area (Å²) in [6.45, 7) is 1.52. The predicted molar refractivity (Wildman–Crippen MR) is 43.5 cm³/mol. The minimum atomic E-state index is -2.61. The zero-order valence-corrected chi connectivity index (χ0v) is 7.13. The smallest absolute Gasteiger partial charge is 0.243 e. The molecule has 2 aliphatic rings. The summed E-state index contributed by atoms with van der Waals surface area (Å²) in [4.78, 5) is 2.09. The van der Waals surface area contributed by atoms with Gasteiger partial charge in [-0.05, 0) is 24.7 Å². The van der Waals surface area contributed by atoms with Gasteiger partial charge >= 0.3 is 0 Å². The molecule has 0 spiro atoms. The van der Waals surface area contributed by atoms with Crippen molar-refractivity contribution in [2.24, 2.45) is 11.8 Å². The quantitative estimate of drug-likeness (QED) is 0.494. The van der Waals surface area contributed by atoms with Gasteiger partial charge in [-0.15, -0.1) is 0 Å². The van der Waals surface area contributed by atoms with Gasteiger partial charge in [-0.2, -0.15) is 0 Å². The van der Waals surface area contributed by atoms with Gasteiger partial charge < -0.3 is 4.90 Å². The molecule has 1 nitrogen and oxygen atoms in total. The maximum atomic E-state index is 13.0. The van der Waals surface area contributed by atoms with Crippen LogP contribution in [0.1, 0.15) is 6.42 Å². The molecule has 0 N–H and O–H groups in total. The Balaban J connectivity index is 2.14. The van der Waals surface area contributed by atoms with Crippen molar-refractivity contribution in [2.45, 2.75) is 18.2 Å². The maximum absolute atomic E-state index is 13.0. The first kappa shape index (κ1) is 8.48. The second-order valence-electron chi connectivity index (χ2n) is 4.14. The Kier molecular flexibility index (Phi) is 1.72. The monoisotopic (exact) mass is 171 g/mol. The molecule has 0 aromatic heterocycles. The number of fused-ring (bicyclic) bond motifs is 1.